The number of carboxylic acid groups (broad SMARTS) is 1. The van der Waals surface area contributed by atoms with E-state index in [0.717, 1.165) is 19.6 Å². The number of imidazole rings is 1. The molecule has 0 atom stereocenters. The van der Waals surface area contributed by atoms with Crippen molar-refractivity contribution in [2.75, 3.05) is 19.6 Å². The van der Waals surface area contributed by atoms with Gasteiger partial charge in [0.15, 0.2) is 0 Å². The van der Waals surface area contributed by atoms with Gasteiger partial charge in [0.05, 0.1) is 16.6 Å². The van der Waals surface area contributed by atoms with Crippen molar-refractivity contribution in [3.8, 4) is 0 Å². The molecule has 1 aliphatic heterocycles. The summed E-state index contributed by atoms with van der Waals surface area (Å²) in [6.07, 6.45) is 3.71. The first-order chi connectivity index (χ1) is 10.2. The number of para-hydroxylation sites is 1. The average Bonchev–Trinajstić information content (AvgIpc) is 2.81. The quantitative estimate of drug-likeness (QED) is 0.894. The monoisotopic (exact) mass is 289 g/mol. The summed E-state index contributed by atoms with van der Waals surface area (Å²) in [6.45, 7) is 3.57. The van der Waals surface area contributed by atoms with Gasteiger partial charge in [-0.25, -0.2) is 9.59 Å². The lowest BCUT2D eigenvalue weighted by atomic mass is 10.1. The van der Waals surface area contributed by atoms with E-state index in [-0.39, 0.29) is 11.3 Å². The van der Waals surface area contributed by atoms with Crippen LogP contribution in [0.3, 0.4) is 0 Å². The molecule has 0 unspecified atom stereocenters. The number of nitrogens with zero attached hydrogens (tertiary/aromatic N) is 2. The van der Waals surface area contributed by atoms with Crippen LogP contribution in [0.2, 0.25) is 0 Å². The number of aromatic nitrogens is 2. The number of hydrogen-bond donors (Lipinski definition) is 2. The molecule has 1 aromatic heterocycles. The van der Waals surface area contributed by atoms with Gasteiger partial charge in [-0.3, -0.25) is 4.57 Å². The van der Waals surface area contributed by atoms with Gasteiger partial charge in [0.25, 0.3) is 0 Å². The average molecular weight is 289 g/mol. The van der Waals surface area contributed by atoms with E-state index in [1.165, 1.54) is 25.3 Å². The Kier molecular flexibility index (Phi) is 3.79. The van der Waals surface area contributed by atoms with E-state index in [1.54, 1.807) is 16.7 Å². The van der Waals surface area contributed by atoms with Crippen LogP contribution >= 0.6 is 0 Å². The lowest BCUT2D eigenvalue weighted by molar-refractivity contribution is 0.0699. The SMILES string of the molecule is O=C(O)c1cccc2c1[nH]c(=O)n2CCN1CCCCC1. The molecule has 21 heavy (non-hydrogen) atoms. The van der Waals surface area contributed by atoms with Crippen molar-refractivity contribution in [3.05, 3.63) is 34.2 Å². The number of rotatable bonds is 4. The fourth-order valence-electron chi connectivity index (χ4n) is 3.00. The number of likely N-dealkylation sites (tertiary alicyclic amines) is 1. The number of benzene rings is 1. The molecule has 1 aliphatic rings. The highest BCUT2D eigenvalue weighted by atomic mass is 16.4. The van der Waals surface area contributed by atoms with Gasteiger partial charge in [-0.2, -0.15) is 0 Å². The van der Waals surface area contributed by atoms with Crippen LogP contribution in [-0.2, 0) is 6.54 Å². The first-order valence-corrected chi connectivity index (χ1v) is 7.34. The number of piperidine rings is 1. The lowest BCUT2D eigenvalue weighted by Crippen LogP contribution is -2.34. The predicted octanol–water partition coefficient (Wildman–Crippen LogP) is 1.51. The molecule has 112 valence electrons. The van der Waals surface area contributed by atoms with Gasteiger partial charge < -0.3 is 15.0 Å². The fourth-order valence-corrected chi connectivity index (χ4v) is 3.00. The van der Waals surface area contributed by atoms with E-state index in [9.17, 15) is 14.7 Å². The van der Waals surface area contributed by atoms with Gasteiger partial charge in [0, 0.05) is 13.1 Å². The molecule has 0 amide bonds. The summed E-state index contributed by atoms with van der Waals surface area (Å²) in [5.41, 5.74) is 0.975. The second-order valence-electron chi connectivity index (χ2n) is 5.49. The minimum absolute atomic E-state index is 0.140. The van der Waals surface area contributed by atoms with Gasteiger partial charge >= 0.3 is 11.7 Å². The molecule has 0 radical (unpaired) electrons. The van der Waals surface area contributed by atoms with E-state index in [4.69, 9.17) is 0 Å². The molecule has 0 aliphatic carbocycles. The predicted molar refractivity (Wildman–Crippen MR) is 79.8 cm³/mol. The highest BCUT2D eigenvalue weighted by molar-refractivity contribution is 6.00. The lowest BCUT2D eigenvalue weighted by Gasteiger charge is -2.26. The highest BCUT2D eigenvalue weighted by Gasteiger charge is 2.15. The van der Waals surface area contributed by atoms with E-state index >= 15 is 0 Å². The van der Waals surface area contributed by atoms with Gasteiger partial charge in [0.1, 0.15) is 0 Å². The Morgan fingerprint density at radius 2 is 1.95 bits per heavy atom. The molecule has 0 saturated carbocycles. The maximum atomic E-state index is 12.1. The first-order valence-electron chi connectivity index (χ1n) is 7.34. The first kappa shape index (κ1) is 13.9. The third-order valence-electron chi connectivity index (χ3n) is 4.13. The van der Waals surface area contributed by atoms with Crippen LogP contribution in [0.15, 0.2) is 23.0 Å². The van der Waals surface area contributed by atoms with Crippen molar-refractivity contribution in [1.29, 1.82) is 0 Å². The molecule has 6 heteroatoms. The fraction of sp³-hybridized carbons (Fsp3) is 0.467. The van der Waals surface area contributed by atoms with Gasteiger partial charge in [-0.05, 0) is 38.1 Å². The summed E-state index contributed by atoms with van der Waals surface area (Å²) in [5, 5.41) is 9.18. The molecule has 3 rings (SSSR count). The Hall–Kier alpha value is -2.08. The summed E-state index contributed by atoms with van der Waals surface area (Å²) in [4.78, 5) is 28.3. The molecule has 1 aromatic carbocycles. The number of aromatic amines is 1. The van der Waals surface area contributed by atoms with Crippen LogP contribution in [0.5, 0.6) is 0 Å². The van der Waals surface area contributed by atoms with Crippen molar-refractivity contribution in [2.45, 2.75) is 25.8 Å². The number of carboxylic acids is 1. The molecule has 1 saturated heterocycles. The van der Waals surface area contributed by atoms with Crippen LogP contribution in [0, 0.1) is 0 Å². The minimum Gasteiger partial charge on any atom is -0.478 e. The zero-order chi connectivity index (χ0) is 14.8. The Balaban J connectivity index is 1.88. The molecule has 0 spiro atoms. The summed E-state index contributed by atoms with van der Waals surface area (Å²) < 4.78 is 1.64. The Morgan fingerprint density at radius 3 is 2.67 bits per heavy atom. The standard InChI is InChI=1S/C15H19N3O3/c19-14(20)11-5-4-6-12-13(11)16-15(21)18(12)10-9-17-7-2-1-3-8-17/h4-6H,1-3,7-10H2,(H,16,21)(H,19,20). The van der Waals surface area contributed by atoms with Crippen molar-refractivity contribution in [2.24, 2.45) is 0 Å². The third-order valence-corrected chi connectivity index (χ3v) is 4.13. The molecule has 6 nitrogen and oxygen atoms in total. The van der Waals surface area contributed by atoms with Crippen LogP contribution < -0.4 is 5.69 Å². The molecule has 2 aromatic rings. The highest BCUT2D eigenvalue weighted by Crippen LogP contribution is 2.16. The number of nitrogens with one attached hydrogen (secondary N) is 1. The largest absolute Gasteiger partial charge is 0.478 e. The van der Waals surface area contributed by atoms with E-state index in [1.807, 2.05) is 0 Å². The van der Waals surface area contributed by atoms with Crippen molar-refractivity contribution < 1.29 is 9.90 Å². The molecule has 2 heterocycles. The molecule has 0 bridgehead atoms. The summed E-state index contributed by atoms with van der Waals surface area (Å²) in [5.74, 6) is -1.02. The number of hydrogen-bond acceptors (Lipinski definition) is 3. The van der Waals surface area contributed by atoms with Crippen LogP contribution in [0.1, 0.15) is 29.6 Å². The zero-order valence-corrected chi connectivity index (χ0v) is 11.8. The van der Waals surface area contributed by atoms with Crippen molar-refractivity contribution in [1.82, 2.24) is 14.5 Å². The Bertz CT molecular complexity index is 711. The molecular weight excluding hydrogens is 270 g/mol. The Morgan fingerprint density at radius 1 is 1.19 bits per heavy atom. The molecule has 1 fully saturated rings. The van der Waals surface area contributed by atoms with E-state index in [2.05, 4.69) is 9.88 Å². The molecular formula is C15H19N3O3. The van der Waals surface area contributed by atoms with Gasteiger partial charge in [-0.15, -0.1) is 0 Å². The maximum Gasteiger partial charge on any atom is 0.337 e. The smallest absolute Gasteiger partial charge is 0.337 e. The second kappa shape index (κ2) is 5.73. The topological polar surface area (TPSA) is 78.3 Å². The summed E-state index contributed by atoms with van der Waals surface area (Å²) in [6, 6.07) is 4.97. The number of fused-ring (bicyclic) bond motifs is 1. The second-order valence-corrected chi connectivity index (χ2v) is 5.49. The van der Waals surface area contributed by atoms with Crippen LogP contribution in [0.4, 0.5) is 0 Å². The zero-order valence-electron chi connectivity index (χ0n) is 11.8. The van der Waals surface area contributed by atoms with E-state index < -0.39 is 5.97 Å². The van der Waals surface area contributed by atoms with Gasteiger partial charge in [-0.1, -0.05) is 12.5 Å². The summed E-state index contributed by atoms with van der Waals surface area (Å²) in [7, 11) is 0. The van der Waals surface area contributed by atoms with Crippen LogP contribution in [-0.4, -0.2) is 45.2 Å². The van der Waals surface area contributed by atoms with Crippen molar-refractivity contribution in [3.63, 3.8) is 0 Å². The Labute approximate surface area is 122 Å². The van der Waals surface area contributed by atoms with Gasteiger partial charge in [0.2, 0.25) is 0 Å². The third kappa shape index (κ3) is 2.71. The van der Waals surface area contributed by atoms with Crippen molar-refractivity contribution >= 4 is 17.0 Å². The minimum atomic E-state index is -1.02. The number of carbonyl (C=O) groups is 1. The normalized spacial score (nSPS) is 16.4. The van der Waals surface area contributed by atoms with E-state index in [0.29, 0.717) is 17.6 Å². The number of aromatic carboxylic acids is 1. The maximum absolute atomic E-state index is 12.1. The van der Waals surface area contributed by atoms with Crippen LogP contribution in [0.25, 0.3) is 11.0 Å². The molecule has 2 N–H and O–H groups in total. The number of H-pyrrole nitrogens is 1. The summed E-state index contributed by atoms with van der Waals surface area (Å²) >= 11 is 0.